The highest BCUT2D eigenvalue weighted by molar-refractivity contribution is 5.74. The van der Waals surface area contributed by atoms with Crippen molar-refractivity contribution in [2.24, 2.45) is 0 Å². The molecule has 1 aliphatic rings. The standard InChI is InChI=1S/C36H44O6/c1-3-4-5-6-7-8-9-10-14-17-36(38)42-35-25-31(40-27(2)37)21-22-32(35)33-23-19-29-18-20-30(24-34(29)41-33)39-26-28-15-12-11-13-16-28/h11-13,15-16,18,20-22,24-25,33H,3-10,14,17,19,23,26H2,1-2H3. The largest absolute Gasteiger partial charge is 0.489 e. The fourth-order valence-electron chi connectivity index (χ4n) is 5.25. The Bertz CT molecular complexity index is 1290. The Morgan fingerprint density at radius 1 is 0.810 bits per heavy atom. The van der Waals surface area contributed by atoms with Crippen LogP contribution in [0.2, 0.25) is 0 Å². The van der Waals surface area contributed by atoms with Gasteiger partial charge in [0.15, 0.2) is 0 Å². The van der Waals surface area contributed by atoms with E-state index in [0.717, 1.165) is 60.3 Å². The van der Waals surface area contributed by atoms with E-state index in [9.17, 15) is 9.59 Å². The number of rotatable bonds is 16. The molecule has 0 amide bonds. The van der Waals surface area contributed by atoms with Crippen LogP contribution in [0.15, 0.2) is 66.7 Å². The van der Waals surface area contributed by atoms with E-state index < -0.39 is 5.97 Å². The van der Waals surface area contributed by atoms with Gasteiger partial charge in [0.25, 0.3) is 0 Å². The highest BCUT2D eigenvalue weighted by Gasteiger charge is 2.26. The molecule has 42 heavy (non-hydrogen) atoms. The third-order valence-electron chi connectivity index (χ3n) is 7.53. The SMILES string of the molecule is CCCCCCCCCCCC(=O)Oc1cc(OC(C)=O)ccc1C1CCc2ccc(OCc3ccccc3)cc2O1. The van der Waals surface area contributed by atoms with Crippen LogP contribution >= 0.6 is 0 Å². The molecule has 3 aromatic rings. The van der Waals surface area contributed by atoms with Gasteiger partial charge in [0, 0.05) is 31.0 Å². The number of carbonyl (C=O) groups is 2. The molecule has 6 heteroatoms. The summed E-state index contributed by atoms with van der Waals surface area (Å²) in [4.78, 5) is 24.4. The average Bonchev–Trinajstić information content (AvgIpc) is 2.99. The predicted molar refractivity (Wildman–Crippen MR) is 164 cm³/mol. The first-order valence-corrected chi connectivity index (χ1v) is 15.5. The molecule has 4 rings (SSSR count). The van der Waals surface area contributed by atoms with Crippen LogP contribution in [0.5, 0.6) is 23.0 Å². The van der Waals surface area contributed by atoms with Gasteiger partial charge in [0.05, 0.1) is 0 Å². The summed E-state index contributed by atoms with van der Waals surface area (Å²) in [5.74, 6) is 1.49. The number of hydrogen-bond donors (Lipinski definition) is 0. The van der Waals surface area contributed by atoms with Gasteiger partial charge in [-0.2, -0.15) is 0 Å². The van der Waals surface area contributed by atoms with Crippen molar-refractivity contribution < 1.29 is 28.5 Å². The molecule has 0 radical (unpaired) electrons. The normalized spacial score (nSPS) is 14.0. The molecular weight excluding hydrogens is 528 g/mol. The van der Waals surface area contributed by atoms with Crippen LogP contribution in [0.3, 0.4) is 0 Å². The van der Waals surface area contributed by atoms with Gasteiger partial charge in [-0.15, -0.1) is 0 Å². The second kappa shape index (κ2) is 16.6. The summed E-state index contributed by atoms with van der Waals surface area (Å²) in [5, 5.41) is 0. The lowest BCUT2D eigenvalue weighted by Crippen LogP contribution is -2.18. The Morgan fingerprint density at radius 3 is 2.26 bits per heavy atom. The van der Waals surface area contributed by atoms with E-state index in [0.29, 0.717) is 24.5 Å². The van der Waals surface area contributed by atoms with E-state index in [1.165, 1.54) is 45.4 Å². The lowest BCUT2D eigenvalue weighted by atomic mass is 9.96. The van der Waals surface area contributed by atoms with E-state index >= 15 is 0 Å². The van der Waals surface area contributed by atoms with E-state index in [4.69, 9.17) is 18.9 Å². The van der Waals surface area contributed by atoms with Gasteiger partial charge in [0.2, 0.25) is 0 Å². The smallest absolute Gasteiger partial charge is 0.311 e. The molecule has 224 valence electrons. The van der Waals surface area contributed by atoms with Gasteiger partial charge in [-0.3, -0.25) is 9.59 Å². The van der Waals surface area contributed by atoms with Gasteiger partial charge in [-0.25, -0.2) is 0 Å². The van der Waals surface area contributed by atoms with Crippen molar-refractivity contribution in [3.05, 3.63) is 83.4 Å². The quantitative estimate of drug-likeness (QED) is 0.0968. The summed E-state index contributed by atoms with van der Waals surface area (Å²) in [7, 11) is 0. The molecule has 6 nitrogen and oxygen atoms in total. The third-order valence-corrected chi connectivity index (χ3v) is 7.53. The van der Waals surface area contributed by atoms with Crippen LogP contribution in [0.25, 0.3) is 0 Å². The van der Waals surface area contributed by atoms with Crippen molar-refractivity contribution in [2.75, 3.05) is 0 Å². The maximum absolute atomic E-state index is 12.8. The Hall–Kier alpha value is -3.80. The number of benzene rings is 3. The highest BCUT2D eigenvalue weighted by Crippen LogP contribution is 2.41. The van der Waals surface area contributed by atoms with Gasteiger partial charge in [-0.1, -0.05) is 94.7 Å². The number of fused-ring (bicyclic) bond motifs is 1. The summed E-state index contributed by atoms with van der Waals surface area (Å²) >= 11 is 0. The molecular formula is C36H44O6. The van der Waals surface area contributed by atoms with Crippen molar-refractivity contribution in [3.8, 4) is 23.0 Å². The van der Waals surface area contributed by atoms with Crippen molar-refractivity contribution >= 4 is 11.9 Å². The van der Waals surface area contributed by atoms with Gasteiger partial charge in [-0.05, 0) is 48.6 Å². The van der Waals surface area contributed by atoms with E-state index in [-0.39, 0.29) is 12.1 Å². The third kappa shape index (κ3) is 9.93. The molecule has 0 fully saturated rings. The lowest BCUT2D eigenvalue weighted by Gasteiger charge is -2.28. The molecule has 0 aromatic heterocycles. The maximum atomic E-state index is 12.8. The molecule has 0 spiro atoms. The van der Waals surface area contributed by atoms with Crippen LogP contribution in [0, 0.1) is 0 Å². The zero-order valence-electron chi connectivity index (χ0n) is 25.1. The number of ether oxygens (including phenoxy) is 4. The van der Waals surface area contributed by atoms with Crippen LogP contribution in [-0.4, -0.2) is 11.9 Å². The lowest BCUT2D eigenvalue weighted by molar-refractivity contribution is -0.134. The van der Waals surface area contributed by atoms with Gasteiger partial charge in [0.1, 0.15) is 35.7 Å². The summed E-state index contributed by atoms with van der Waals surface area (Å²) in [6.45, 7) is 4.05. The molecule has 0 saturated heterocycles. The van der Waals surface area contributed by atoms with Crippen molar-refractivity contribution in [1.29, 1.82) is 0 Å². The number of carbonyl (C=O) groups excluding carboxylic acids is 2. The number of hydrogen-bond acceptors (Lipinski definition) is 6. The van der Waals surface area contributed by atoms with E-state index in [1.54, 1.807) is 12.1 Å². The monoisotopic (exact) mass is 572 g/mol. The zero-order chi connectivity index (χ0) is 29.6. The van der Waals surface area contributed by atoms with Crippen molar-refractivity contribution in [3.63, 3.8) is 0 Å². The van der Waals surface area contributed by atoms with Crippen molar-refractivity contribution in [2.45, 2.75) is 104 Å². The Balaban J connectivity index is 1.37. The Labute approximate surface area is 250 Å². The zero-order valence-corrected chi connectivity index (χ0v) is 25.1. The summed E-state index contributed by atoms with van der Waals surface area (Å²) < 4.78 is 23.6. The topological polar surface area (TPSA) is 71.1 Å². The number of aryl methyl sites for hydroxylation is 1. The first-order chi connectivity index (χ1) is 20.5. The molecule has 0 saturated carbocycles. The minimum atomic E-state index is -0.430. The first kappa shape index (κ1) is 31.1. The molecule has 0 bridgehead atoms. The first-order valence-electron chi connectivity index (χ1n) is 15.5. The molecule has 1 aliphatic heterocycles. The van der Waals surface area contributed by atoms with Gasteiger partial charge < -0.3 is 18.9 Å². The summed E-state index contributed by atoms with van der Waals surface area (Å²) in [5.41, 5.74) is 2.96. The molecule has 3 aromatic carbocycles. The van der Waals surface area contributed by atoms with Crippen LogP contribution in [0.1, 0.15) is 107 Å². The second-order valence-electron chi connectivity index (χ2n) is 11.0. The van der Waals surface area contributed by atoms with Gasteiger partial charge >= 0.3 is 11.9 Å². The predicted octanol–water partition coefficient (Wildman–Crippen LogP) is 9.08. The summed E-state index contributed by atoms with van der Waals surface area (Å²) in [6.07, 6.45) is 12.2. The average molecular weight is 573 g/mol. The minimum absolute atomic E-state index is 0.285. The minimum Gasteiger partial charge on any atom is -0.489 e. The van der Waals surface area contributed by atoms with Crippen LogP contribution < -0.4 is 18.9 Å². The van der Waals surface area contributed by atoms with Crippen molar-refractivity contribution in [1.82, 2.24) is 0 Å². The highest BCUT2D eigenvalue weighted by atomic mass is 16.5. The second-order valence-corrected chi connectivity index (χ2v) is 11.0. The molecule has 0 N–H and O–H groups in total. The summed E-state index contributed by atoms with van der Waals surface area (Å²) in [6, 6.07) is 21.1. The Kier molecular flexibility index (Phi) is 12.3. The number of esters is 2. The van der Waals surface area contributed by atoms with E-state index in [2.05, 4.69) is 6.92 Å². The molecule has 1 heterocycles. The number of unbranched alkanes of at least 4 members (excludes halogenated alkanes) is 8. The fraction of sp³-hybridized carbons (Fsp3) is 0.444. The molecule has 1 unspecified atom stereocenters. The van der Waals surface area contributed by atoms with Crippen LogP contribution in [-0.2, 0) is 22.6 Å². The fourth-order valence-corrected chi connectivity index (χ4v) is 5.25. The molecule has 1 atom stereocenters. The maximum Gasteiger partial charge on any atom is 0.311 e. The van der Waals surface area contributed by atoms with E-state index in [1.807, 2.05) is 54.6 Å². The Morgan fingerprint density at radius 2 is 1.52 bits per heavy atom. The molecule has 0 aliphatic carbocycles. The van der Waals surface area contributed by atoms with Crippen LogP contribution in [0.4, 0.5) is 0 Å².